The van der Waals surface area contributed by atoms with Crippen LogP contribution in [0.5, 0.6) is 0 Å². The van der Waals surface area contributed by atoms with Crippen LogP contribution in [-0.4, -0.2) is 44.5 Å². The van der Waals surface area contributed by atoms with Crippen molar-refractivity contribution in [1.82, 2.24) is 25.7 Å². The number of hydrogen-bond donors (Lipinski definition) is 2. The van der Waals surface area contributed by atoms with Gasteiger partial charge in [-0.05, 0) is 67.9 Å². The van der Waals surface area contributed by atoms with Crippen LogP contribution in [0.3, 0.4) is 0 Å². The van der Waals surface area contributed by atoms with Crippen molar-refractivity contribution in [3.63, 3.8) is 0 Å². The fourth-order valence-corrected chi connectivity index (χ4v) is 5.74. The van der Waals surface area contributed by atoms with Crippen molar-refractivity contribution in [2.45, 2.75) is 78.1 Å². The summed E-state index contributed by atoms with van der Waals surface area (Å²) in [6, 6.07) is 19.6. The van der Waals surface area contributed by atoms with Crippen molar-refractivity contribution in [1.29, 1.82) is 0 Å². The maximum Gasteiger partial charge on any atom is 0.230 e. The molecule has 0 aliphatic carbocycles. The van der Waals surface area contributed by atoms with Crippen LogP contribution >= 0.6 is 11.3 Å². The highest BCUT2D eigenvalue weighted by Crippen LogP contribution is 2.21. The largest absolute Gasteiger partial charge is 0.356 e. The Morgan fingerprint density at radius 2 is 1.52 bits per heavy atom. The van der Waals surface area contributed by atoms with Crippen molar-refractivity contribution >= 4 is 34.1 Å². The summed E-state index contributed by atoms with van der Waals surface area (Å²) in [5.74, 6) is 0.0816. The van der Waals surface area contributed by atoms with Gasteiger partial charge in [-0.15, -0.1) is 10.2 Å². The number of unbranched alkanes of at least 4 members (excludes halogenated alkanes) is 1. The zero-order chi connectivity index (χ0) is 31.3. The van der Waals surface area contributed by atoms with Crippen LogP contribution in [0.4, 0.5) is 5.13 Å². The van der Waals surface area contributed by atoms with Crippen LogP contribution in [0.1, 0.15) is 77.7 Å². The van der Waals surface area contributed by atoms with E-state index < -0.39 is 0 Å². The Morgan fingerprint density at radius 3 is 2.27 bits per heavy atom. The van der Waals surface area contributed by atoms with Crippen LogP contribution < -0.4 is 10.6 Å². The second kappa shape index (κ2) is 16.5. The highest BCUT2D eigenvalue weighted by atomic mass is 32.1. The maximum atomic E-state index is 12.7. The van der Waals surface area contributed by atoms with Crippen LogP contribution in [0, 0.1) is 6.92 Å². The smallest absolute Gasteiger partial charge is 0.230 e. The first-order chi connectivity index (χ1) is 21.3. The zero-order valence-corrected chi connectivity index (χ0v) is 26.5. The summed E-state index contributed by atoms with van der Waals surface area (Å²) in [6.07, 6.45) is 4.65. The van der Waals surface area contributed by atoms with Gasteiger partial charge in [0.05, 0.1) is 24.2 Å². The minimum Gasteiger partial charge on any atom is -0.356 e. The molecule has 4 aromatic rings. The number of nitrogens with zero attached hydrogens (tertiary/aromatic N) is 4. The third kappa shape index (κ3) is 10.8. The number of nitrogens with one attached hydrogen (secondary N) is 2. The van der Waals surface area contributed by atoms with Gasteiger partial charge in [0.1, 0.15) is 10.8 Å². The molecule has 0 radical (unpaired) electrons. The monoisotopic (exact) mass is 612 g/mol. The summed E-state index contributed by atoms with van der Waals surface area (Å²) in [5, 5.41) is 24.0. The molecule has 9 nitrogen and oxygen atoms in total. The fourth-order valence-electron chi connectivity index (χ4n) is 4.94. The Hall–Kier alpha value is -4.31. The first-order valence-electron chi connectivity index (χ1n) is 15.1. The number of ketones is 1. The lowest BCUT2D eigenvalue weighted by Gasteiger charge is -2.13. The highest BCUT2D eigenvalue weighted by Gasteiger charge is 2.13. The summed E-state index contributed by atoms with van der Waals surface area (Å²) >= 11 is 1.41. The number of amides is 2. The molecule has 1 unspecified atom stereocenters. The molecule has 2 heterocycles. The average molecular weight is 613 g/mol. The van der Waals surface area contributed by atoms with E-state index in [4.69, 9.17) is 0 Å². The average Bonchev–Trinajstić information content (AvgIpc) is 3.43. The molecule has 0 fully saturated rings. The molecule has 2 amide bonds. The topological polar surface area (TPSA) is 127 Å². The van der Waals surface area contributed by atoms with E-state index in [1.54, 1.807) is 0 Å². The first kappa shape index (κ1) is 32.6. The number of aromatic nitrogens is 4. The standard InChI is InChI=1S/C34H40N6O3S/c1-4-35-31(42)18-24(3)27-12-8-11-26(19-27)20-30(41)22-29-16-15-28(37-38-29)13-5-6-14-33-39-40-34(44-33)36-32(43)21-25-10-7-9-23(2)17-25/h7-12,15-17,19,24H,4-6,13-14,18,20-22H2,1-3H3,(H,35,42)(H,36,40,43). The minimum atomic E-state index is -0.101. The molecule has 10 heteroatoms. The molecule has 4 rings (SSSR count). The maximum absolute atomic E-state index is 12.7. The normalized spacial score (nSPS) is 11.6. The number of anilines is 1. The molecule has 230 valence electrons. The molecule has 44 heavy (non-hydrogen) atoms. The Morgan fingerprint density at radius 1 is 0.795 bits per heavy atom. The summed E-state index contributed by atoms with van der Waals surface area (Å²) in [5.41, 5.74) is 5.63. The van der Waals surface area contributed by atoms with Gasteiger partial charge in [0.25, 0.3) is 0 Å². The molecule has 0 aliphatic heterocycles. The van der Waals surface area contributed by atoms with Crippen molar-refractivity contribution in [3.05, 3.63) is 99.3 Å². The third-order valence-electron chi connectivity index (χ3n) is 7.17. The predicted molar refractivity (Wildman–Crippen MR) is 173 cm³/mol. The number of aryl methyl sites for hydroxylation is 3. The molecule has 0 saturated heterocycles. The number of hydrogen-bond acceptors (Lipinski definition) is 8. The molecule has 2 aromatic heterocycles. The molecule has 1 atom stereocenters. The van der Waals surface area contributed by atoms with E-state index in [0.29, 0.717) is 36.6 Å². The van der Waals surface area contributed by atoms with Crippen molar-refractivity contribution < 1.29 is 14.4 Å². The van der Waals surface area contributed by atoms with E-state index in [1.807, 2.05) is 81.4 Å². The van der Waals surface area contributed by atoms with Gasteiger partial charge in [-0.2, -0.15) is 10.2 Å². The summed E-state index contributed by atoms with van der Waals surface area (Å²) in [7, 11) is 0. The molecule has 0 saturated carbocycles. The summed E-state index contributed by atoms with van der Waals surface area (Å²) < 4.78 is 0. The molecule has 0 spiro atoms. The second-order valence-corrected chi connectivity index (χ2v) is 12.2. The zero-order valence-electron chi connectivity index (χ0n) is 25.6. The Labute approximate surface area is 262 Å². The van der Waals surface area contributed by atoms with Gasteiger partial charge in [0.15, 0.2) is 0 Å². The van der Waals surface area contributed by atoms with Gasteiger partial charge in [0.2, 0.25) is 16.9 Å². The molecule has 0 bridgehead atoms. The van der Waals surface area contributed by atoms with Gasteiger partial charge in [0, 0.05) is 25.8 Å². The Balaban J connectivity index is 1.16. The van der Waals surface area contributed by atoms with Crippen LogP contribution in [0.15, 0.2) is 60.7 Å². The number of rotatable bonds is 16. The van der Waals surface area contributed by atoms with Gasteiger partial charge in [-0.1, -0.05) is 72.4 Å². The fraction of sp³-hybridized carbons (Fsp3) is 0.382. The number of carbonyl (C=O) groups is 3. The van der Waals surface area contributed by atoms with Crippen LogP contribution in [-0.2, 0) is 46.5 Å². The summed E-state index contributed by atoms with van der Waals surface area (Å²) in [6.45, 7) is 6.56. The van der Waals surface area contributed by atoms with Gasteiger partial charge >= 0.3 is 0 Å². The van der Waals surface area contributed by atoms with Gasteiger partial charge in [-0.3, -0.25) is 14.4 Å². The first-order valence-corrected chi connectivity index (χ1v) is 16.0. The lowest BCUT2D eigenvalue weighted by atomic mass is 9.94. The second-order valence-electron chi connectivity index (χ2n) is 11.1. The molecule has 0 aliphatic rings. The van der Waals surface area contributed by atoms with Crippen LogP contribution in [0.2, 0.25) is 0 Å². The van der Waals surface area contributed by atoms with Crippen molar-refractivity contribution in [2.24, 2.45) is 0 Å². The lowest BCUT2D eigenvalue weighted by Crippen LogP contribution is -2.23. The van der Waals surface area contributed by atoms with Crippen molar-refractivity contribution in [3.8, 4) is 0 Å². The van der Waals surface area contributed by atoms with Gasteiger partial charge < -0.3 is 10.6 Å². The van der Waals surface area contributed by atoms with Gasteiger partial charge in [-0.25, -0.2) is 0 Å². The SMILES string of the molecule is CCNC(=O)CC(C)c1cccc(CC(=O)Cc2ccc(CCCCc3nnc(NC(=O)Cc4cccc(C)c4)s3)nn2)c1. The van der Waals surface area contributed by atoms with E-state index in [1.165, 1.54) is 11.3 Å². The van der Waals surface area contributed by atoms with E-state index in [9.17, 15) is 14.4 Å². The third-order valence-corrected chi connectivity index (χ3v) is 8.07. The Bertz CT molecular complexity index is 1550. The number of benzene rings is 2. The Kier molecular flexibility index (Phi) is 12.2. The van der Waals surface area contributed by atoms with E-state index >= 15 is 0 Å². The molecular formula is C34H40N6O3S. The molecule has 2 N–H and O–H groups in total. The number of Topliss-reactive ketones (excluding diaryl/α,β-unsaturated/α-hetero) is 1. The predicted octanol–water partition coefficient (Wildman–Crippen LogP) is 5.37. The van der Waals surface area contributed by atoms with E-state index in [2.05, 4.69) is 31.0 Å². The minimum absolute atomic E-state index is 0.0333. The quantitative estimate of drug-likeness (QED) is 0.163. The molecular weight excluding hydrogens is 572 g/mol. The lowest BCUT2D eigenvalue weighted by molar-refractivity contribution is -0.121. The van der Waals surface area contributed by atoms with E-state index in [0.717, 1.165) is 58.6 Å². The highest BCUT2D eigenvalue weighted by molar-refractivity contribution is 7.15. The van der Waals surface area contributed by atoms with Crippen LogP contribution in [0.25, 0.3) is 0 Å². The summed E-state index contributed by atoms with van der Waals surface area (Å²) in [4.78, 5) is 37.0. The van der Waals surface area contributed by atoms with Crippen molar-refractivity contribution in [2.75, 3.05) is 11.9 Å². The number of carbonyl (C=O) groups excluding carboxylic acids is 3. The van der Waals surface area contributed by atoms with E-state index in [-0.39, 0.29) is 29.9 Å². The molecule has 2 aromatic carbocycles.